The molecule has 3 heteroatoms. The highest BCUT2D eigenvalue weighted by Gasteiger charge is 2.63. The predicted molar refractivity (Wildman–Crippen MR) is 88.6 cm³/mol. The number of hydrogen-bond acceptors (Lipinski definition) is 2. The van der Waals surface area contributed by atoms with Crippen molar-refractivity contribution in [3.63, 3.8) is 0 Å². The number of halogens is 1. The van der Waals surface area contributed by atoms with Crippen molar-refractivity contribution in [3.8, 4) is 0 Å². The zero-order chi connectivity index (χ0) is 14.5. The minimum Gasteiger partial charge on any atom is -0.310 e. The van der Waals surface area contributed by atoms with Gasteiger partial charge in [0.05, 0.1) is 0 Å². The lowest BCUT2D eigenvalue weighted by Gasteiger charge is -2.26. The Labute approximate surface area is 131 Å². The van der Waals surface area contributed by atoms with Gasteiger partial charge in [-0.25, -0.2) is 0 Å². The Morgan fingerprint density at radius 2 is 1.95 bits per heavy atom. The number of benzene rings is 1. The summed E-state index contributed by atoms with van der Waals surface area (Å²) in [4.78, 5) is 1.40. The van der Waals surface area contributed by atoms with E-state index in [2.05, 4.69) is 45.1 Å². The summed E-state index contributed by atoms with van der Waals surface area (Å²) in [5.41, 5.74) is 2.31. The van der Waals surface area contributed by atoms with Gasteiger partial charge in [-0.3, -0.25) is 0 Å². The number of hydrogen-bond donors (Lipinski definition) is 1. The quantitative estimate of drug-likeness (QED) is 0.829. The van der Waals surface area contributed by atoms with Gasteiger partial charge in [-0.1, -0.05) is 39.3 Å². The van der Waals surface area contributed by atoms with Crippen molar-refractivity contribution in [2.24, 2.45) is 16.7 Å². The minimum atomic E-state index is 0.459. The fraction of sp³-hybridized carbons (Fsp3) is 0.647. The number of rotatable bonds is 3. The first kappa shape index (κ1) is 14.7. The molecule has 1 saturated carbocycles. The molecular weight excluding hydrogens is 286 g/mol. The molecule has 3 rings (SSSR count). The molecule has 1 aliphatic heterocycles. The molecule has 0 saturated heterocycles. The normalized spacial score (nSPS) is 27.1. The minimum absolute atomic E-state index is 0.459. The molecule has 1 heterocycles. The van der Waals surface area contributed by atoms with E-state index < -0.39 is 0 Å². The fourth-order valence-corrected chi connectivity index (χ4v) is 4.97. The van der Waals surface area contributed by atoms with Crippen molar-refractivity contribution >= 4 is 23.4 Å². The van der Waals surface area contributed by atoms with Crippen LogP contribution in [0.3, 0.4) is 0 Å². The van der Waals surface area contributed by atoms with Crippen LogP contribution in [0.25, 0.3) is 0 Å². The third-order valence-corrected chi connectivity index (χ3v) is 7.26. The lowest BCUT2D eigenvalue weighted by atomic mass is 10.0. The molecule has 1 aromatic rings. The van der Waals surface area contributed by atoms with Crippen LogP contribution >= 0.6 is 23.4 Å². The largest absolute Gasteiger partial charge is 0.310 e. The lowest BCUT2D eigenvalue weighted by Crippen LogP contribution is -2.27. The van der Waals surface area contributed by atoms with Crippen LogP contribution in [-0.4, -0.2) is 12.3 Å². The fourth-order valence-electron chi connectivity index (χ4n) is 3.68. The van der Waals surface area contributed by atoms with E-state index in [1.165, 1.54) is 22.6 Å². The lowest BCUT2D eigenvalue weighted by molar-refractivity contribution is 0.456. The Hall–Kier alpha value is -0.180. The van der Waals surface area contributed by atoms with Crippen LogP contribution in [0.2, 0.25) is 5.02 Å². The molecule has 0 amide bonds. The molecule has 1 N–H and O–H groups in total. The van der Waals surface area contributed by atoms with Gasteiger partial charge in [0.1, 0.15) is 0 Å². The average Bonchev–Trinajstić information content (AvgIpc) is 2.77. The highest BCUT2D eigenvalue weighted by molar-refractivity contribution is 7.99. The van der Waals surface area contributed by atoms with Gasteiger partial charge in [-0.05, 0) is 59.2 Å². The zero-order valence-corrected chi connectivity index (χ0v) is 14.4. The summed E-state index contributed by atoms with van der Waals surface area (Å²) in [5, 5.41) is 4.66. The first-order valence-corrected chi connectivity index (χ1v) is 8.86. The van der Waals surface area contributed by atoms with Crippen LogP contribution in [0.15, 0.2) is 23.1 Å². The van der Waals surface area contributed by atoms with E-state index in [1.54, 1.807) is 0 Å². The van der Waals surface area contributed by atoms with Crippen LogP contribution in [0.1, 0.15) is 45.7 Å². The van der Waals surface area contributed by atoms with Crippen molar-refractivity contribution in [2.45, 2.75) is 45.1 Å². The van der Waals surface area contributed by atoms with E-state index in [0.29, 0.717) is 16.9 Å². The molecule has 1 atom stereocenters. The third-order valence-electron chi connectivity index (χ3n) is 5.90. The Bertz CT molecular complexity index is 510. The maximum absolute atomic E-state index is 6.17. The second-order valence-electron chi connectivity index (χ2n) is 7.28. The summed E-state index contributed by atoms with van der Waals surface area (Å²) in [6, 6.07) is 6.78. The standard InChI is InChI=1S/C17H24ClNS/c1-16(2)15(17(16,3)4)10-19-13-7-8-20-14-6-5-11(18)9-12(13)14/h5-6,9,13,15,19H,7-8,10H2,1-4H3. The van der Waals surface area contributed by atoms with Crippen LogP contribution in [0.4, 0.5) is 0 Å². The molecule has 0 radical (unpaired) electrons. The van der Waals surface area contributed by atoms with Crippen molar-refractivity contribution in [1.29, 1.82) is 0 Å². The molecule has 1 aliphatic carbocycles. The second kappa shape index (κ2) is 4.93. The molecule has 0 bridgehead atoms. The molecule has 110 valence electrons. The van der Waals surface area contributed by atoms with Crippen molar-refractivity contribution < 1.29 is 0 Å². The van der Waals surface area contributed by atoms with Gasteiger partial charge < -0.3 is 5.32 Å². The van der Waals surface area contributed by atoms with Crippen LogP contribution in [0.5, 0.6) is 0 Å². The van der Waals surface area contributed by atoms with E-state index in [9.17, 15) is 0 Å². The van der Waals surface area contributed by atoms with Crippen LogP contribution in [0, 0.1) is 16.7 Å². The summed E-state index contributed by atoms with van der Waals surface area (Å²) < 4.78 is 0. The van der Waals surface area contributed by atoms with E-state index >= 15 is 0 Å². The van der Waals surface area contributed by atoms with Crippen LogP contribution < -0.4 is 5.32 Å². The molecule has 2 aliphatic rings. The first-order valence-electron chi connectivity index (χ1n) is 7.49. The Morgan fingerprint density at radius 1 is 1.25 bits per heavy atom. The smallest absolute Gasteiger partial charge is 0.0410 e. The molecule has 1 aromatic carbocycles. The van der Waals surface area contributed by atoms with Gasteiger partial charge in [0, 0.05) is 16.0 Å². The maximum atomic E-state index is 6.17. The maximum Gasteiger partial charge on any atom is 0.0410 e. The SMILES string of the molecule is CC1(C)C(CNC2CCSc3ccc(Cl)cc32)C1(C)C. The summed E-state index contributed by atoms with van der Waals surface area (Å²) in [6.07, 6.45) is 1.20. The van der Waals surface area contributed by atoms with Crippen molar-refractivity contribution in [1.82, 2.24) is 5.32 Å². The summed E-state index contributed by atoms with van der Waals surface area (Å²) in [7, 11) is 0. The highest BCUT2D eigenvalue weighted by Crippen LogP contribution is 2.68. The Morgan fingerprint density at radius 3 is 2.60 bits per heavy atom. The third kappa shape index (κ3) is 2.30. The van der Waals surface area contributed by atoms with Crippen molar-refractivity contribution in [2.75, 3.05) is 12.3 Å². The van der Waals surface area contributed by atoms with E-state index in [0.717, 1.165) is 17.5 Å². The van der Waals surface area contributed by atoms with Crippen molar-refractivity contribution in [3.05, 3.63) is 28.8 Å². The van der Waals surface area contributed by atoms with Gasteiger partial charge in [-0.2, -0.15) is 0 Å². The molecule has 1 unspecified atom stereocenters. The predicted octanol–water partition coefficient (Wildman–Crippen LogP) is 5.15. The van der Waals surface area contributed by atoms with Gasteiger partial charge in [0.2, 0.25) is 0 Å². The number of nitrogens with one attached hydrogen (secondary N) is 1. The topological polar surface area (TPSA) is 12.0 Å². The highest BCUT2D eigenvalue weighted by atomic mass is 35.5. The van der Waals surface area contributed by atoms with Gasteiger partial charge in [0.15, 0.2) is 0 Å². The van der Waals surface area contributed by atoms with Gasteiger partial charge in [0.25, 0.3) is 0 Å². The van der Waals surface area contributed by atoms with Gasteiger partial charge in [-0.15, -0.1) is 11.8 Å². The number of fused-ring (bicyclic) bond motifs is 1. The molecule has 20 heavy (non-hydrogen) atoms. The molecule has 0 aromatic heterocycles. The number of thioether (sulfide) groups is 1. The first-order chi connectivity index (χ1) is 9.34. The zero-order valence-electron chi connectivity index (χ0n) is 12.8. The molecule has 1 fully saturated rings. The molecular formula is C17H24ClNS. The summed E-state index contributed by atoms with van der Waals surface area (Å²) >= 11 is 8.12. The monoisotopic (exact) mass is 309 g/mol. The summed E-state index contributed by atoms with van der Waals surface area (Å²) in [5.74, 6) is 1.97. The Balaban J connectivity index is 1.70. The second-order valence-corrected chi connectivity index (χ2v) is 8.85. The van der Waals surface area contributed by atoms with E-state index in [4.69, 9.17) is 11.6 Å². The Kier molecular flexibility index (Phi) is 3.63. The molecule has 0 spiro atoms. The van der Waals surface area contributed by atoms with Gasteiger partial charge >= 0.3 is 0 Å². The van der Waals surface area contributed by atoms with E-state index in [1.807, 2.05) is 17.8 Å². The van der Waals surface area contributed by atoms with Crippen LogP contribution in [-0.2, 0) is 0 Å². The average molecular weight is 310 g/mol. The van der Waals surface area contributed by atoms with E-state index in [-0.39, 0.29) is 0 Å². The summed E-state index contributed by atoms with van der Waals surface area (Å²) in [6.45, 7) is 10.7. The molecule has 1 nitrogen and oxygen atoms in total.